The summed E-state index contributed by atoms with van der Waals surface area (Å²) in [5, 5.41) is 11.8. The average Bonchev–Trinajstić information content (AvgIpc) is 3.11. The van der Waals surface area contributed by atoms with E-state index in [9.17, 15) is 9.59 Å². The van der Waals surface area contributed by atoms with E-state index in [0.29, 0.717) is 6.54 Å². The van der Waals surface area contributed by atoms with Gasteiger partial charge in [-0.25, -0.2) is 0 Å². The third-order valence-corrected chi connectivity index (χ3v) is 10.6. The molecule has 0 rings (SSSR count). The molecule has 0 aliphatic carbocycles. The highest BCUT2D eigenvalue weighted by molar-refractivity contribution is 5.82. The van der Waals surface area contributed by atoms with E-state index >= 15 is 0 Å². The van der Waals surface area contributed by atoms with Crippen LogP contribution in [0.5, 0.6) is 0 Å². The number of nitrogens with one attached hydrogen (secondary N) is 1. The molecule has 50 heavy (non-hydrogen) atoms. The van der Waals surface area contributed by atoms with Gasteiger partial charge >= 0.3 is 5.97 Å². The lowest BCUT2D eigenvalue weighted by molar-refractivity contribution is -0.137. The molecule has 0 aromatic rings. The topological polar surface area (TPSA) is 95.7 Å². The molecule has 6 heteroatoms. The van der Waals surface area contributed by atoms with Crippen LogP contribution in [0, 0.1) is 0 Å². The lowest BCUT2D eigenvalue weighted by Crippen LogP contribution is -2.41. The standard InChI is InChI=1S/C44H89N3O3/c1-3-5-7-9-11-13-15-17-19-21-23-25-27-29-31-33-39-47(41-35-38-46-44(50)42(45)36-37-43(48)49)40-34-32-30-28-26-24-22-20-18-16-14-12-10-8-6-4-2/h42H,3-41,45H2,1-2H3,(H,46,50)(H,48,49)/t42-/m0/s1. The molecule has 0 saturated carbocycles. The number of amides is 1. The predicted molar refractivity (Wildman–Crippen MR) is 218 cm³/mol. The Morgan fingerprint density at radius 2 is 0.760 bits per heavy atom. The third-order valence-electron chi connectivity index (χ3n) is 10.6. The van der Waals surface area contributed by atoms with Crippen LogP contribution in [0.4, 0.5) is 0 Å². The van der Waals surface area contributed by atoms with Gasteiger partial charge in [0.2, 0.25) is 5.91 Å². The van der Waals surface area contributed by atoms with Gasteiger partial charge in [0.15, 0.2) is 0 Å². The quantitative estimate of drug-likeness (QED) is 0.0549. The summed E-state index contributed by atoms with van der Waals surface area (Å²) in [7, 11) is 0. The normalized spacial score (nSPS) is 12.2. The molecule has 0 unspecified atom stereocenters. The van der Waals surface area contributed by atoms with Gasteiger partial charge in [-0.3, -0.25) is 9.59 Å². The van der Waals surface area contributed by atoms with Crippen molar-refractivity contribution in [2.45, 2.75) is 245 Å². The van der Waals surface area contributed by atoms with Gasteiger partial charge in [-0.15, -0.1) is 0 Å². The Labute approximate surface area is 312 Å². The average molecular weight is 708 g/mol. The number of unbranched alkanes of at least 4 members (excludes halogenated alkanes) is 30. The molecule has 0 bridgehead atoms. The first kappa shape index (κ1) is 48.9. The molecule has 0 aliphatic rings. The maximum atomic E-state index is 12.2. The largest absolute Gasteiger partial charge is 0.481 e. The molecule has 0 saturated heterocycles. The maximum absolute atomic E-state index is 12.2. The number of carboxylic acids is 1. The van der Waals surface area contributed by atoms with E-state index in [0.717, 1.165) is 26.1 Å². The van der Waals surface area contributed by atoms with E-state index < -0.39 is 12.0 Å². The van der Waals surface area contributed by atoms with Crippen LogP contribution in [0.3, 0.4) is 0 Å². The molecule has 1 atom stereocenters. The second-order valence-electron chi connectivity index (χ2n) is 15.6. The van der Waals surface area contributed by atoms with Gasteiger partial charge in [0.05, 0.1) is 6.04 Å². The van der Waals surface area contributed by atoms with E-state index in [1.54, 1.807) is 0 Å². The van der Waals surface area contributed by atoms with Gasteiger partial charge in [-0.05, 0) is 45.3 Å². The summed E-state index contributed by atoms with van der Waals surface area (Å²) in [5.74, 6) is -1.14. The molecule has 6 nitrogen and oxygen atoms in total. The third kappa shape index (κ3) is 38.1. The molecule has 0 aromatic heterocycles. The fourth-order valence-corrected chi connectivity index (χ4v) is 7.16. The zero-order valence-corrected chi connectivity index (χ0v) is 33.9. The van der Waals surface area contributed by atoms with Crippen molar-refractivity contribution in [1.29, 1.82) is 0 Å². The molecule has 0 heterocycles. The number of hydrogen-bond acceptors (Lipinski definition) is 4. The fraction of sp³-hybridized carbons (Fsp3) is 0.955. The van der Waals surface area contributed by atoms with Crippen molar-refractivity contribution in [3.05, 3.63) is 0 Å². The summed E-state index contributed by atoms with van der Waals surface area (Å²) in [5.41, 5.74) is 5.87. The molecule has 0 aromatic carbocycles. The van der Waals surface area contributed by atoms with Gasteiger partial charge in [-0.1, -0.05) is 206 Å². The molecular weight excluding hydrogens is 619 g/mol. The minimum Gasteiger partial charge on any atom is -0.481 e. The second-order valence-corrected chi connectivity index (χ2v) is 15.6. The first-order valence-corrected chi connectivity index (χ1v) is 22.5. The number of nitrogens with two attached hydrogens (primary N) is 1. The van der Waals surface area contributed by atoms with Crippen molar-refractivity contribution in [3.63, 3.8) is 0 Å². The summed E-state index contributed by atoms with van der Waals surface area (Å²) < 4.78 is 0. The van der Waals surface area contributed by atoms with Crippen LogP contribution < -0.4 is 11.1 Å². The van der Waals surface area contributed by atoms with Crippen LogP contribution in [0.15, 0.2) is 0 Å². The highest BCUT2D eigenvalue weighted by Gasteiger charge is 2.14. The van der Waals surface area contributed by atoms with Crippen LogP contribution in [0.1, 0.15) is 239 Å². The summed E-state index contributed by atoms with van der Waals surface area (Å²) in [6.07, 6.45) is 45.8. The Kier molecular flexibility index (Phi) is 39.7. The predicted octanol–water partition coefficient (Wildman–Crippen LogP) is 12.5. The highest BCUT2D eigenvalue weighted by atomic mass is 16.4. The van der Waals surface area contributed by atoms with Crippen LogP contribution in [-0.4, -0.2) is 54.1 Å². The van der Waals surface area contributed by atoms with Gasteiger partial charge in [0, 0.05) is 13.0 Å². The molecular formula is C44H89N3O3. The lowest BCUT2D eigenvalue weighted by Gasteiger charge is -2.22. The number of aliphatic carboxylic acids is 1. The minimum atomic E-state index is -0.910. The Morgan fingerprint density at radius 1 is 0.480 bits per heavy atom. The summed E-state index contributed by atoms with van der Waals surface area (Å²) >= 11 is 0. The fourth-order valence-electron chi connectivity index (χ4n) is 7.16. The van der Waals surface area contributed by atoms with E-state index in [2.05, 4.69) is 24.1 Å². The maximum Gasteiger partial charge on any atom is 0.303 e. The van der Waals surface area contributed by atoms with Gasteiger partial charge in [-0.2, -0.15) is 0 Å². The van der Waals surface area contributed by atoms with E-state index in [4.69, 9.17) is 10.8 Å². The van der Waals surface area contributed by atoms with Crippen molar-refractivity contribution in [3.8, 4) is 0 Å². The molecule has 1 amide bonds. The minimum absolute atomic E-state index is 0.0685. The van der Waals surface area contributed by atoms with E-state index in [-0.39, 0.29) is 18.7 Å². The Hall–Kier alpha value is -1.14. The number of nitrogens with zero attached hydrogens (tertiary/aromatic N) is 1. The van der Waals surface area contributed by atoms with Crippen LogP contribution in [-0.2, 0) is 9.59 Å². The van der Waals surface area contributed by atoms with Crippen molar-refractivity contribution >= 4 is 11.9 Å². The van der Waals surface area contributed by atoms with Crippen LogP contribution >= 0.6 is 0 Å². The smallest absolute Gasteiger partial charge is 0.303 e. The van der Waals surface area contributed by atoms with E-state index in [1.165, 1.54) is 205 Å². The van der Waals surface area contributed by atoms with Gasteiger partial charge in [0.1, 0.15) is 0 Å². The first-order chi connectivity index (χ1) is 24.5. The molecule has 0 spiro atoms. The van der Waals surface area contributed by atoms with Crippen LogP contribution in [0.25, 0.3) is 0 Å². The van der Waals surface area contributed by atoms with Crippen molar-refractivity contribution < 1.29 is 14.7 Å². The number of carbonyl (C=O) groups excluding carboxylic acids is 1. The molecule has 0 radical (unpaired) electrons. The SMILES string of the molecule is CCCCCCCCCCCCCCCCCCN(CCCCCCCCCCCCCCCCCC)CCCNC(=O)[C@@H](N)CCC(=O)O. The van der Waals surface area contributed by atoms with Crippen molar-refractivity contribution in [2.75, 3.05) is 26.2 Å². The molecule has 298 valence electrons. The monoisotopic (exact) mass is 708 g/mol. The molecule has 0 fully saturated rings. The zero-order valence-electron chi connectivity index (χ0n) is 33.9. The van der Waals surface area contributed by atoms with E-state index in [1.807, 2.05) is 0 Å². The molecule has 4 N–H and O–H groups in total. The zero-order chi connectivity index (χ0) is 36.6. The Morgan fingerprint density at radius 3 is 1.06 bits per heavy atom. The number of rotatable bonds is 42. The molecule has 0 aliphatic heterocycles. The first-order valence-electron chi connectivity index (χ1n) is 22.5. The summed E-state index contributed by atoms with van der Waals surface area (Å²) in [6, 6.07) is -0.739. The summed E-state index contributed by atoms with van der Waals surface area (Å²) in [4.78, 5) is 25.6. The van der Waals surface area contributed by atoms with Crippen molar-refractivity contribution in [2.24, 2.45) is 5.73 Å². The van der Waals surface area contributed by atoms with Gasteiger partial charge in [0.25, 0.3) is 0 Å². The Balaban J connectivity index is 4.03. The number of hydrogen-bond donors (Lipinski definition) is 3. The Bertz CT molecular complexity index is 668. The van der Waals surface area contributed by atoms with Crippen LogP contribution in [0.2, 0.25) is 0 Å². The van der Waals surface area contributed by atoms with Crippen molar-refractivity contribution in [1.82, 2.24) is 10.2 Å². The second kappa shape index (κ2) is 40.6. The highest BCUT2D eigenvalue weighted by Crippen LogP contribution is 2.16. The number of carbonyl (C=O) groups is 2. The number of carboxylic acid groups (broad SMARTS) is 1. The summed E-state index contributed by atoms with van der Waals surface area (Å²) in [6.45, 7) is 8.50. The lowest BCUT2D eigenvalue weighted by atomic mass is 10.0. The van der Waals surface area contributed by atoms with Gasteiger partial charge < -0.3 is 21.1 Å².